The monoisotopic (exact) mass is 662 g/mol. The molecule has 12 heteroatoms. The van der Waals surface area contributed by atoms with Crippen molar-refractivity contribution in [2.75, 3.05) is 52.9 Å². The minimum atomic E-state index is -0.913. The number of carbonyl (C=O) groups excluding carboxylic acids is 4. The number of hydrogen-bond donors (Lipinski definition) is 0. The molecular weight excluding hydrogens is 624 g/mol. The molecule has 0 bridgehead atoms. The highest BCUT2D eigenvalue weighted by Crippen LogP contribution is 2.47. The van der Waals surface area contributed by atoms with E-state index in [-0.39, 0.29) is 49.6 Å². The molecule has 0 amide bonds. The molecule has 1 atom stereocenters. The number of ether oxygens (including phenoxy) is 8. The van der Waals surface area contributed by atoms with Crippen LogP contribution >= 0.6 is 0 Å². The van der Waals surface area contributed by atoms with Crippen LogP contribution in [0.15, 0.2) is 72.8 Å². The molecule has 12 nitrogen and oxygen atoms in total. The number of rotatable bonds is 17. The van der Waals surface area contributed by atoms with Crippen molar-refractivity contribution in [1.29, 1.82) is 0 Å². The van der Waals surface area contributed by atoms with Gasteiger partial charge < -0.3 is 37.9 Å². The maximum Gasteiger partial charge on any atom is 0.513 e. The van der Waals surface area contributed by atoms with E-state index in [1.54, 1.807) is 19.1 Å². The van der Waals surface area contributed by atoms with Crippen LogP contribution in [0.5, 0.6) is 17.2 Å². The molecule has 254 valence electrons. The Hall–Kier alpha value is -5.04. The van der Waals surface area contributed by atoms with Gasteiger partial charge in [-0.3, -0.25) is 4.79 Å². The van der Waals surface area contributed by atoms with Gasteiger partial charge in [-0.25, -0.2) is 14.4 Å². The van der Waals surface area contributed by atoms with Crippen molar-refractivity contribution in [2.45, 2.75) is 26.7 Å². The molecule has 1 aliphatic rings. The van der Waals surface area contributed by atoms with Crippen molar-refractivity contribution < 1.29 is 57.1 Å². The first-order valence-corrected chi connectivity index (χ1v) is 15.3. The molecular formula is C36H38O12. The van der Waals surface area contributed by atoms with E-state index in [1.807, 2.05) is 31.2 Å². The molecule has 4 rings (SSSR count). The van der Waals surface area contributed by atoms with Gasteiger partial charge in [-0.2, -0.15) is 0 Å². The topological polar surface area (TPSA) is 142 Å². The zero-order chi connectivity index (χ0) is 34.5. The third-order valence-electron chi connectivity index (χ3n) is 7.03. The van der Waals surface area contributed by atoms with Gasteiger partial charge >= 0.3 is 24.1 Å². The Bertz CT molecular complexity index is 1610. The molecule has 0 fully saturated rings. The summed E-state index contributed by atoms with van der Waals surface area (Å²) < 4.78 is 41.9. The molecule has 3 aromatic carbocycles. The smallest absolute Gasteiger partial charge is 0.460 e. The lowest BCUT2D eigenvalue weighted by Crippen LogP contribution is -2.16. The lowest BCUT2D eigenvalue weighted by Gasteiger charge is -2.10. The van der Waals surface area contributed by atoms with E-state index < -0.39 is 18.1 Å². The number of carbonyl (C=O) groups is 4. The summed E-state index contributed by atoms with van der Waals surface area (Å²) in [6, 6.07) is 16.9. The van der Waals surface area contributed by atoms with Gasteiger partial charge in [0.15, 0.2) is 0 Å². The van der Waals surface area contributed by atoms with E-state index in [4.69, 9.17) is 37.9 Å². The Balaban J connectivity index is 1.10. The second kappa shape index (κ2) is 17.8. The van der Waals surface area contributed by atoms with Crippen molar-refractivity contribution in [1.82, 2.24) is 0 Å². The first kappa shape index (κ1) is 35.8. The van der Waals surface area contributed by atoms with Crippen molar-refractivity contribution in [2.24, 2.45) is 0 Å². The Kier molecular flexibility index (Phi) is 13.2. The molecule has 0 saturated carbocycles. The lowest BCUT2D eigenvalue weighted by molar-refractivity contribution is -0.140. The van der Waals surface area contributed by atoms with E-state index in [2.05, 4.69) is 6.58 Å². The lowest BCUT2D eigenvalue weighted by atomic mass is 9.99. The summed E-state index contributed by atoms with van der Waals surface area (Å²) in [6.45, 7) is 10.3. The molecule has 0 spiro atoms. The van der Waals surface area contributed by atoms with Gasteiger partial charge in [-0.15, -0.1) is 0 Å². The van der Waals surface area contributed by atoms with Gasteiger partial charge in [0, 0.05) is 18.4 Å². The summed E-state index contributed by atoms with van der Waals surface area (Å²) in [5.74, 6) is -0.326. The average molecular weight is 663 g/mol. The van der Waals surface area contributed by atoms with Gasteiger partial charge in [0.05, 0.1) is 45.2 Å². The Morgan fingerprint density at radius 2 is 1.08 bits per heavy atom. The quantitative estimate of drug-likeness (QED) is 0.0580. The van der Waals surface area contributed by atoms with Crippen molar-refractivity contribution in [3.8, 4) is 28.4 Å². The van der Waals surface area contributed by atoms with Gasteiger partial charge in [0.2, 0.25) is 0 Å². The van der Waals surface area contributed by atoms with Crippen LogP contribution in [0.25, 0.3) is 11.1 Å². The predicted octanol–water partition coefficient (Wildman–Crippen LogP) is 5.65. The van der Waals surface area contributed by atoms with E-state index >= 15 is 0 Å². The SMILES string of the molecule is C=C(C)C(=O)OCCOCCOCCOCCOC(=O)Oc1ccc(C(=O)Oc2ccc3c(c2)C(C)c2cc(OC(C)=O)ccc2-3)cc1. The molecule has 1 unspecified atom stereocenters. The maximum absolute atomic E-state index is 12.8. The molecule has 48 heavy (non-hydrogen) atoms. The van der Waals surface area contributed by atoms with Crippen LogP contribution in [0, 0.1) is 0 Å². The predicted molar refractivity (Wildman–Crippen MR) is 172 cm³/mol. The van der Waals surface area contributed by atoms with Crippen molar-refractivity contribution in [3.63, 3.8) is 0 Å². The minimum absolute atomic E-state index is 0.0105. The number of hydrogen-bond acceptors (Lipinski definition) is 12. The highest BCUT2D eigenvalue weighted by atomic mass is 16.7. The molecule has 1 aliphatic carbocycles. The zero-order valence-electron chi connectivity index (χ0n) is 27.1. The van der Waals surface area contributed by atoms with E-state index in [0.29, 0.717) is 43.5 Å². The highest BCUT2D eigenvalue weighted by Gasteiger charge is 2.27. The van der Waals surface area contributed by atoms with E-state index in [0.717, 1.165) is 22.3 Å². The fourth-order valence-electron chi connectivity index (χ4n) is 4.74. The highest BCUT2D eigenvalue weighted by molar-refractivity contribution is 5.91. The molecule has 0 aliphatic heterocycles. The van der Waals surface area contributed by atoms with Crippen molar-refractivity contribution >= 4 is 24.1 Å². The average Bonchev–Trinajstić information content (AvgIpc) is 3.33. The maximum atomic E-state index is 12.8. The molecule has 0 saturated heterocycles. The van der Waals surface area contributed by atoms with E-state index in [9.17, 15) is 19.2 Å². The van der Waals surface area contributed by atoms with Crippen LogP contribution < -0.4 is 14.2 Å². The Morgan fingerprint density at radius 1 is 0.604 bits per heavy atom. The van der Waals surface area contributed by atoms with Crippen LogP contribution in [0.3, 0.4) is 0 Å². The van der Waals surface area contributed by atoms with Crippen LogP contribution in [-0.4, -0.2) is 76.9 Å². The molecule has 0 heterocycles. The largest absolute Gasteiger partial charge is 0.513 e. The summed E-state index contributed by atoms with van der Waals surface area (Å²) in [5, 5.41) is 0. The summed E-state index contributed by atoms with van der Waals surface area (Å²) in [7, 11) is 0. The first-order chi connectivity index (χ1) is 23.1. The Labute approximate surface area is 278 Å². The molecule has 0 aromatic heterocycles. The van der Waals surface area contributed by atoms with Gasteiger partial charge in [0.25, 0.3) is 0 Å². The summed E-state index contributed by atoms with van der Waals surface area (Å²) in [6.07, 6.45) is -0.913. The van der Waals surface area contributed by atoms with Crippen LogP contribution in [0.2, 0.25) is 0 Å². The normalized spacial score (nSPS) is 12.8. The summed E-state index contributed by atoms with van der Waals surface area (Å²) in [5.41, 5.74) is 4.69. The second-order valence-corrected chi connectivity index (χ2v) is 10.7. The standard InChI is InChI=1S/C36H38O12/c1-23(2)34(38)44-19-17-42-15-13-41-14-16-43-18-20-45-36(40)48-27-7-5-26(6-8-27)35(39)47-29-10-12-31-30-11-9-28(46-25(4)37)21-32(30)24(3)33(31)22-29/h5-12,21-22,24H,1,13-20H2,2-4H3. The van der Waals surface area contributed by atoms with Crippen LogP contribution in [-0.2, 0) is 33.3 Å². The minimum Gasteiger partial charge on any atom is -0.460 e. The fourth-order valence-corrected chi connectivity index (χ4v) is 4.74. The summed E-state index contributed by atoms with van der Waals surface area (Å²) >= 11 is 0. The zero-order valence-corrected chi connectivity index (χ0v) is 27.1. The number of fused-ring (bicyclic) bond motifs is 3. The van der Waals surface area contributed by atoms with Crippen LogP contribution in [0.1, 0.15) is 48.2 Å². The van der Waals surface area contributed by atoms with Gasteiger partial charge in [0.1, 0.15) is 30.5 Å². The first-order valence-electron chi connectivity index (χ1n) is 15.3. The fraction of sp³-hybridized carbons (Fsp3) is 0.333. The molecule has 0 radical (unpaired) electrons. The Morgan fingerprint density at radius 3 is 1.60 bits per heavy atom. The molecule has 3 aromatic rings. The molecule has 0 N–H and O–H groups in total. The van der Waals surface area contributed by atoms with Gasteiger partial charge in [-0.05, 0) is 77.7 Å². The summed E-state index contributed by atoms with van der Waals surface area (Å²) in [4.78, 5) is 47.4. The van der Waals surface area contributed by atoms with Gasteiger partial charge in [-0.1, -0.05) is 25.6 Å². The van der Waals surface area contributed by atoms with Crippen LogP contribution in [0.4, 0.5) is 4.79 Å². The third-order valence-corrected chi connectivity index (χ3v) is 7.03. The number of esters is 3. The third kappa shape index (κ3) is 10.5. The van der Waals surface area contributed by atoms with E-state index in [1.165, 1.54) is 31.2 Å². The second-order valence-electron chi connectivity index (χ2n) is 10.7. The van der Waals surface area contributed by atoms with Crippen molar-refractivity contribution in [3.05, 3.63) is 89.5 Å². The number of benzene rings is 3.